The van der Waals surface area contributed by atoms with Crippen molar-refractivity contribution >= 4 is 47.4 Å². The molecule has 1 aliphatic rings. The van der Waals surface area contributed by atoms with Crippen molar-refractivity contribution in [1.29, 1.82) is 0 Å². The van der Waals surface area contributed by atoms with Gasteiger partial charge in [0.2, 0.25) is 5.82 Å². The van der Waals surface area contributed by atoms with Crippen molar-refractivity contribution in [3.8, 4) is 0 Å². The number of rotatable bonds is 10. The molecular formula is C23H34BrN5O4Si. The molecule has 1 aromatic heterocycles. The van der Waals surface area contributed by atoms with Crippen LogP contribution in [0.1, 0.15) is 23.5 Å². The van der Waals surface area contributed by atoms with Crippen molar-refractivity contribution in [3.05, 3.63) is 40.9 Å². The fourth-order valence-electron chi connectivity index (χ4n) is 3.85. The second kappa shape index (κ2) is 11.9. The number of nitrogens with zero attached hydrogens (tertiary/aromatic N) is 3. The van der Waals surface area contributed by atoms with Gasteiger partial charge in [-0.3, -0.25) is 4.79 Å². The van der Waals surface area contributed by atoms with Gasteiger partial charge in [0.05, 0.1) is 11.4 Å². The third-order valence-electron chi connectivity index (χ3n) is 5.83. The molecule has 0 bridgehead atoms. The summed E-state index contributed by atoms with van der Waals surface area (Å²) in [6.07, 6.45) is 2.54. The Hall–Kier alpha value is -2.37. The van der Waals surface area contributed by atoms with Gasteiger partial charge in [-0.25, -0.2) is 9.78 Å². The summed E-state index contributed by atoms with van der Waals surface area (Å²) in [5.74, 6) is 0.306. The Kier molecular flexibility index (Phi) is 9.14. The monoisotopic (exact) mass is 551 g/mol. The third kappa shape index (κ3) is 7.85. The van der Waals surface area contributed by atoms with Crippen molar-refractivity contribution < 1.29 is 19.4 Å². The summed E-state index contributed by atoms with van der Waals surface area (Å²) in [6.45, 7) is 9.90. The third-order valence-corrected chi connectivity index (χ3v) is 7.91. The standard InChI is InChI=1S/C23H34BrN5O4Si/c1-34(2,3)13-12-33-16-29-15-20(24)27-21(29)22(30)26-18-6-4-5-7-19(18)28-10-8-17(9-11-28)14-25-23(31)32/h4-7,15,17,25H,8-14,16H2,1-3H3,(H,26,30)(H,31,32). The van der Waals surface area contributed by atoms with Crippen molar-refractivity contribution in [2.45, 2.75) is 45.3 Å². The number of ether oxygens (including phenoxy) is 1. The van der Waals surface area contributed by atoms with Crippen LogP contribution in [0.5, 0.6) is 0 Å². The number of piperidine rings is 1. The molecule has 186 valence electrons. The number of carboxylic acid groups (broad SMARTS) is 1. The lowest BCUT2D eigenvalue weighted by molar-refractivity contribution is 0.0808. The van der Waals surface area contributed by atoms with Gasteiger partial charge in [0.1, 0.15) is 11.3 Å². The van der Waals surface area contributed by atoms with E-state index in [0.29, 0.717) is 23.7 Å². The first kappa shape index (κ1) is 26.2. The molecule has 9 nitrogen and oxygen atoms in total. The minimum Gasteiger partial charge on any atom is -0.465 e. The van der Waals surface area contributed by atoms with Gasteiger partial charge < -0.3 is 29.9 Å². The highest BCUT2D eigenvalue weighted by atomic mass is 79.9. The Morgan fingerprint density at radius 3 is 2.62 bits per heavy atom. The molecule has 0 spiro atoms. The van der Waals surface area contributed by atoms with E-state index in [2.05, 4.69) is 56.1 Å². The zero-order chi connectivity index (χ0) is 24.7. The molecule has 3 rings (SSSR count). The van der Waals surface area contributed by atoms with Crippen molar-refractivity contribution in [2.75, 3.05) is 36.5 Å². The molecule has 0 aliphatic carbocycles. The van der Waals surface area contributed by atoms with Gasteiger partial charge in [-0.15, -0.1) is 0 Å². The van der Waals surface area contributed by atoms with Crippen molar-refractivity contribution in [1.82, 2.24) is 14.9 Å². The number of benzene rings is 1. The molecule has 11 heteroatoms. The summed E-state index contributed by atoms with van der Waals surface area (Å²) in [4.78, 5) is 30.5. The van der Waals surface area contributed by atoms with Crippen LogP contribution < -0.4 is 15.5 Å². The zero-order valence-electron chi connectivity index (χ0n) is 20.0. The van der Waals surface area contributed by atoms with Crippen LogP contribution in [-0.4, -0.2) is 61.0 Å². The second-order valence-corrected chi connectivity index (χ2v) is 16.2. The molecule has 0 radical (unpaired) electrons. The van der Waals surface area contributed by atoms with Gasteiger partial charge in [-0.1, -0.05) is 31.8 Å². The molecule has 2 aromatic rings. The number of carbonyl (C=O) groups is 2. The molecule has 0 atom stereocenters. The molecule has 2 heterocycles. The largest absolute Gasteiger partial charge is 0.465 e. The fraction of sp³-hybridized carbons (Fsp3) is 0.522. The van der Waals surface area contributed by atoms with E-state index in [4.69, 9.17) is 9.84 Å². The summed E-state index contributed by atoms with van der Waals surface area (Å²) in [7, 11) is -1.19. The molecule has 3 N–H and O–H groups in total. The minimum atomic E-state index is -1.19. The lowest BCUT2D eigenvalue weighted by atomic mass is 9.96. The number of amides is 2. The summed E-state index contributed by atoms with van der Waals surface area (Å²) in [5.41, 5.74) is 1.67. The Balaban J connectivity index is 1.63. The maximum absolute atomic E-state index is 13.1. The number of hydrogen-bond donors (Lipinski definition) is 3. The van der Waals surface area contributed by atoms with Crippen molar-refractivity contribution in [3.63, 3.8) is 0 Å². The predicted octanol–water partition coefficient (Wildman–Crippen LogP) is 4.69. The highest BCUT2D eigenvalue weighted by Crippen LogP contribution is 2.30. The number of nitrogens with one attached hydrogen (secondary N) is 2. The molecular weight excluding hydrogens is 518 g/mol. The summed E-state index contributed by atoms with van der Waals surface area (Å²) >= 11 is 3.37. The minimum absolute atomic E-state index is 0.269. The topological polar surface area (TPSA) is 109 Å². The Labute approximate surface area is 210 Å². The number of halogens is 1. The highest BCUT2D eigenvalue weighted by Gasteiger charge is 2.23. The maximum Gasteiger partial charge on any atom is 0.404 e. The second-order valence-electron chi connectivity index (χ2n) is 9.79. The first-order chi connectivity index (χ1) is 16.1. The van der Waals surface area contributed by atoms with Crippen molar-refractivity contribution in [2.24, 2.45) is 5.92 Å². The van der Waals surface area contributed by atoms with E-state index in [-0.39, 0.29) is 18.5 Å². The Morgan fingerprint density at radius 1 is 1.24 bits per heavy atom. The quantitative estimate of drug-likeness (QED) is 0.292. The highest BCUT2D eigenvalue weighted by molar-refractivity contribution is 9.10. The molecule has 1 aliphatic heterocycles. The van der Waals surface area contributed by atoms with Crippen LogP contribution >= 0.6 is 15.9 Å². The average molecular weight is 553 g/mol. The van der Waals surface area contributed by atoms with Crippen LogP contribution in [0.4, 0.5) is 16.2 Å². The number of anilines is 2. The lowest BCUT2D eigenvalue weighted by Crippen LogP contribution is -2.38. The van der Waals surface area contributed by atoms with E-state index in [0.717, 1.165) is 43.4 Å². The zero-order valence-corrected chi connectivity index (χ0v) is 22.6. The number of hydrogen-bond acceptors (Lipinski definition) is 5. The molecule has 34 heavy (non-hydrogen) atoms. The van der Waals surface area contributed by atoms with Gasteiger partial charge in [-0.05, 0) is 52.9 Å². The lowest BCUT2D eigenvalue weighted by Gasteiger charge is -2.34. The molecule has 1 aromatic carbocycles. The Bertz CT molecular complexity index is 986. The van der Waals surface area contributed by atoms with Gasteiger partial charge in [0, 0.05) is 40.5 Å². The van der Waals surface area contributed by atoms with E-state index in [1.165, 1.54) is 0 Å². The van der Waals surface area contributed by atoms with Crippen LogP contribution in [-0.2, 0) is 11.5 Å². The number of imidazole rings is 1. The molecule has 0 saturated carbocycles. The summed E-state index contributed by atoms with van der Waals surface area (Å²) in [6, 6.07) is 8.78. The molecule has 1 fully saturated rings. The number of carbonyl (C=O) groups excluding carboxylic acids is 1. The van der Waals surface area contributed by atoms with Crippen LogP contribution in [0.15, 0.2) is 35.1 Å². The smallest absolute Gasteiger partial charge is 0.404 e. The van der Waals surface area contributed by atoms with Gasteiger partial charge >= 0.3 is 6.09 Å². The first-order valence-corrected chi connectivity index (χ1v) is 16.0. The number of para-hydroxylation sites is 2. The van der Waals surface area contributed by atoms with E-state index in [1.807, 2.05) is 24.3 Å². The number of aromatic nitrogens is 2. The molecule has 1 saturated heterocycles. The van der Waals surface area contributed by atoms with Crippen LogP contribution in [0, 0.1) is 5.92 Å². The SMILES string of the molecule is C[Si](C)(C)CCOCn1cc(Br)nc1C(=O)Nc1ccccc1N1CCC(CNC(=O)O)CC1. The molecule has 0 unspecified atom stereocenters. The van der Waals surface area contributed by atoms with Gasteiger partial charge in [-0.2, -0.15) is 0 Å². The van der Waals surface area contributed by atoms with E-state index < -0.39 is 14.2 Å². The summed E-state index contributed by atoms with van der Waals surface area (Å²) in [5, 5.41) is 14.3. The predicted molar refractivity (Wildman–Crippen MR) is 139 cm³/mol. The summed E-state index contributed by atoms with van der Waals surface area (Å²) < 4.78 is 8.12. The fourth-order valence-corrected chi connectivity index (χ4v) is 5.02. The van der Waals surface area contributed by atoms with Crippen LogP contribution in [0.3, 0.4) is 0 Å². The van der Waals surface area contributed by atoms with E-state index >= 15 is 0 Å². The average Bonchev–Trinajstić information content (AvgIpc) is 3.16. The Morgan fingerprint density at radius 2 is 1.94 bits per heavy atom. The normalized spacial score (nSPS) is 14.8. The molecule has 2 amide bonds. The van der Waals surface area contributed by atoms with Gasteiger partial charge in [0.15, 0.2) is 0 Å². The van der Waals surface area contributed by atoms with E-state index in [9.17, 15) is 9.59 Å². The first-order valence-electron chi connectivity index (χ1n) is 11.5. The van der Waals surface area contributed by atoms with E-state index in [1.54, 1.807) is 10.8 Å². The van der Waals surface area contributed by atoms with Crippen LogP contribution in [0.25, 0.3) is 0 Å². The maximum atomic E-state index is 13.1. The van der Waals surface area contributed by atoms with Crippen LogP contribution in [0.2, 0.25) is 25.7 Å². The van der Waals surface area contributed by atoms with Gasteiger partial charge in [0.25, 0.3) is 5.91 Å².